The maximum absolute atomic E-state index is 13.3. The van der Waals surface area contributed by atoms with Gasteiger partial charge in [0.05, 0.1) is 11.9 Å². The van der Waals surface area contributed by atoms with Crippen LogP contribution in [-0.4, -0.2) is 70.8 Å². The summed E-state index contributed by atoms with van der Waals surface area (Å²) in [6.07, 6.45) is -3.02. The van der Waals surface area contributed by atoms with Gasteiger partial charge in [0, 0.05) is 44.0 Å². The molecule has 38 heavy (non-hydrogen) atoms. The molecule has 1 saturated heterocycles. The Morgan fingerprint density at radius 2 is 1.58 bits per heavy atom. The van der Waals surface area contributed by atoms with E-state index in [1.165, 1.54) is 30.5 Å². The van der Waals surface area contributed by atoms with Gasteiger partial charge >= 0.3 is 6.18 Å². The number of nitrogens with zero attached hydrogens (tertiary/aromatic N) is 6. The number of benzene rings is 2. The SMILES string of the molecule is CN1CCN(c2ccc(CNc3nc(NCC(F)(F)F)c4nc(-c5ccc(F)cc5)cnc4n3)cc2)CC1. The topological polar surface area (TPSA) is 82.1 Å². The second-order valence-corrected chi connectivity index (χ2v) is 9.11. The second kappa shape index (κ2) is 10.7. The van der Waals surface area contributed by atoms with Crippen molar-refractivity contribution < 1.29 is 17.6 Å². The number of likely N-dealkylation sites (N-methyl/N-ethyl adjacent to an activating group) is 1. The Morgan fingerprint density at radius 1 is 0.868 bits per heavy atom. The van der Waals surface area contributed by atoms with E-state index in [2.05, 4.69) is 59.5 Å². The standard InChI is InChI=1S/C26H26F4N8/c1-37-10-12-38(13-11-37)20-8-2-17(3-9-20)14-32-25-35-23-22(24(36-25)33-16-26(28,29)30)34-21(15-31-23)18-4-6-19(27)7-5-18/h2-9,15H,10-14,16H2,1H3,(H2,31,32,33,35,36). The number of anilines is 3. The van der Waals surface area contributed by atoms with Crippen LogP contribution in [0.5, 0.6) is 0 Å². The number of aromatic nitrogens is 4. The summed E-state index contributed by atoms with van der Waals surface area (Å²) in [7, 11) is 2.11. The number of rotatable bonds is 7. The Balaban J connectivity index is 1.36. The maximum atomic E-state index is 13.3. The van der Waals surface area contributed by atoms with E-state index in [4.69, 9.17) is 0 Å². The minimum Gasteiger partial charge on any atom is -0.369 e. The minimum absolute atomic E-state index is 0.0816. The van der Waals surface area contributed by atoms with Crippen molar-refractivity contribution >= 4 is 28.6 Å². The van der Waals surface area contributed by atoms with Crippen LogP contribution in [0.15, 0.2) is 54.7 Å². The fraction of sp³-hybridized carbons (Fsp3) is 0.308. The zero-order chi connectivity index (χ0) is 26.7. The molecule has 0 atom stereocenters. The van der Waals surface area contributed by atoms with Gasteiger partial charge in [-0.05, 0) is 49.0 Å². The number of fused-ring (bicyclic) bond motifs is 1. The van der Waals surface area contributed by atoms with E-state index >= 15 is 0 Å². The molecule has 2 aromatic carbocycles. The normalized spacial score (nSPS) is 14.6. The Kier molecular flexibility index (Phi) is 7.23. The molecule has 0 spiro atoms. The predicted octanol–water partition coefficient (Wildman–Crippen LogP) is 4.56. The Labute approximate surface area is 216 Å². The van der Waals surface area contributed by atoms with Crippen molar-refractivity contribution in [2.24, 2.45) is 0 Å². The van der Waals surface area contributed by atoms with Crippen LogP contribution in [-0.2, 0) is 6.54 Å². The molecule has 3 heterocycles. The van der Waals surface area contributed by atoms with Crippen LogP contribution in [0.2, 0.25) is 0 Å². The summed E-state index contributed by atoms with van der Waals surface area (Å²) in [5, 5.41) is 5.39. The first kappa shape index (κ1) is 25.6. The van der Waals surface area contributed by atoms with E-state index in [1.807, 2.05) is 12.1 Å². The van der Waals surface area contributed by atoms with Crippen molar-refractivity contribution in [3.8, 4) is 11.3 Å². The van der Waals surface area contributed by atoms with Crippen LogP contribution in [0.4, 0.5) is 35.0 Å². The number of halogens is 4. The lowest BCUT2D eigenvalue weighted by atomic mass is 10.1. The van der Waals surface area contributed by atoms with Crippen molar-refractivity contribution in [2.75, 3.05) is 55.3 Å². The van der Waals surface area contributed by atoms with E-state index in [9.17, 15) is 17.6 Å². The third kappa shape index (κ3) is 6.25. The largest absolute Gasteiger partial charge is 0.405 e. The van der Waals surface area contributed by atoms with Gasteiger partial charge in [-0.25, -0.2) is 14.4 Å². The molecule has 0 amide bonds. The molecule has 5 rings (SSSR count). The highest BCUT2D eigenvalue weighted by Gasteiger charge is 2.27. The molecule has 4 aromatic rings. The fourth-order valence-corrected chi connectivity index (χ4v) is 4.12. The zero-order valence-electron chi connectivity index (χ0n) is 20.6. The van der Waals surface area contributed by atoms with Crippen molar-refractivity contribution in [3.63, 3.8) is 0 Å². The number of alkyl halides is 3. The molecular weight excluding hydrogens is 500 g/mol. The molecule has 0 saturated carbocycles. The smallest absolute Gasteiger partial charge is 0.369 e. The van der Waals surface area contributed by atoms with Crippen LogP contribution < -0.4 is 15.5 Å². The van der Waals surface area contributed by atoms with Crippen molar-refractivity contribution in [2.45, 2.75) is 12.7 Å². The third-order valence-corrected chi connectivity index (χ3v) is 6.26. The first-order chi connectivity index (χ1) is 18.2. The number of hydrogen-bond acceptors (Lipinski definition) is 8. The van der Waals surface area contributed by atoms with Crippen LogP contribution in [0.3, 0.4) is 0 Å². The third-order valence-electron chi connectivity index (χ3n) is 6.26. The molecule has 198 valence electrons. The van der Waals surface area contributed by atoms with Crippen LogP contribution in [0.25, 0.3) is 22.4 Å². The van der Waals surface area contributed by atoms with Crippen LogP contribution in [0, 0.1) is 5.82 Å². The fourth-order valence-electron chi connectivity index (χ4n) is 4.12. The lowest BCUT2D eigenvalue weighted by Gasteiger charge is -2.34. The zero-order valence-corrected chi connectivity index (χ0v) is 20.6. The van der Waals surface area contributed by atoms with Crippen molar-refractivity contribution in [3.05, 3.63) is 66.1 Å². The van der Waals surface area contributed by atoms with E-state index in [1.54, 1.807) is 0 Å². The molecule has 0 bridgehead atoms. The molecule has 2 N–H and O–H groups in total. The predicted molar refractivity (Wildman–Crippen MR) is 139 cm³/mol. The molecule has 0 radical (unpaired) electrons. The summed E-state index contributed by atoms with van der Waals surface area (Å²) in [4.78, 5) is 22.0. The van der Waals surface area contributed by atoms with E-state index in [0.29, 0.717) is 17.8 Å². The summed E-state index contributed by atoms with van der Waals surface area (Å²) >= 11 is 0. The summed E-state index contributed by atoms with van der Waals surface area (Å²) < 4.78 is 52.2. The molecule has 8 nitrogen and oxygen atoms in total. The highest BCUT2D eigenvalue weighted by molar-refractivity contribution is 5.85. The molecule has 0 aliphatic carbocycles. The molecular formula is C26H26F4N8. The van der Waals surface area contributed by atoms with E-state index in [0.717, 1.165) is 37.4 Å². The molecule has 1 aliphatic heterocycles. The second-order valence-electron chi connectivity index (χ2n) is 9.11. The maximum Gasteiger partial charge on any atom is 0.405 e. The summed E-state index contributed by atoms with van der Waals surface area (Å²) in [5.74, 6) is -0.395. The van der Waals surface area contributed by atoms with Gasteiger partial charge in [-0.1, -0.05) is 12.1 Å². The Morgan fingerprint density at radius 3 is 2.26 bits per heavy atom. The van der Waals surface area contributed by atoms with Gasteiger partial charge in [-0.15, -0.1) is 0 Å². The van der Waals surface area contributed by atoms with E-state index in [-0.39, 0.29) is 22.9 Å². The molecule has 0 unspecified atom stereocenters. The van der Waals surface area contributed by atoms with Gasteiger partial charge in [0.2, 0.25) is 5.95 Å². The molecule has 12 heteroatoms. The monoisotopic (exact) mass is 526 g/mol. The van der Waals surface area contributed by atoms with Gasteiger partial charge in [0.15, 0.2) is 17.0 Å². The summed E-state index contributed by atoms with van der Waals surface area (Å²) in [5.41, 5.74) is 3.24. The quantitative estimate of drug-likeness (QED) is 0.339. The van der Waals surface area contributed by atoms with Crippen LogP contribution in [0.1, 0.15) is 5.56 Å². The summed E-state index contributed by atoms with van der Waals surface area (Å²) in [6.45, 7) is 3.04. The highest BCUT2D eigenvalue weighted by Crippen LogP contribution is 2.25. The number of hydrogen-bond donors (Lipinski definition) is 2. The minimum atomic E-state index is -4.46. The van der Waals surface area contributed by atoms with Gasteiger partial charge in [-0.2, -0.15) is 23.1 Å². The van der Waals surface area contributed by atoms with Gasteiger partial charge in [0.25, 0.3) is 0 Å². The molecule has 2 aromatic heterocycles. The lowest BCUT2D eigenvalue weighted by molar-refractivity contribution is -0.115. The average molecular weight is 527 g/mol. The molecule has 1 fully saturated rings. The van der Waals surface area contributed by atoms with E-state index < -0.39 is 18.5 Å². The first-order valence-electron chi connectivity index (χ1n) is 12.1. The van der Waals surface area contributed by atoms with Gasteiger partial charge < -0.3 is 20.4 Å². The molecule has 1 aliphatic rings. The Bertz CT molecular complexity index is 1390. The van der Waals surface area contributed by atoms with Crippen molar-refractivity contribution in [1.29, 1.82) is 0 Å². The van der Waals surface area contributed by atoms with Crippen molar-refractivity contribution in [1.82, 2.24) is 24.8 Å². The Hall–Kier alpha value is -4.06. The lowest BCUT2D eigenvalue weighted by Crippen LogP contribution is -2.44. The van der Waals surface area contributed by atoms with Gasteiger partial charge in [0.1, 0.15) is 12.4 Å². The average Bonchev–Trinajstić information content (AvgIpc) is 2.91. The number of nitrogens with one attached hydrogen (secondary N) is 2. The summed E-state index contributed by atoms with van der Waals surface area (Å²) in [6, 6.07) is 13.7. The van der Waals surface area contributed by atoms with Gasteiger partial charge in [-0.3, -0.25) is 0 Å². The number of piperazine rings is 1. The first-order valence-corrected chi connectivity index (χ1v) is 12.1. The van der Waals surface area contributed by atoms with Crippen LogP contribution >= 0.6 is 0 Å². The highest BCUT2D eigenvalue weighted by atomic mass is 19.4.